The van der Waals surface area contributed by atoms with Crippen molar-refractivity contribution in [3.63, 3.8) is 0 Å². The monoisotopic (exact) mass is 279 g/mol. The van der Waals surface area contributed by atoms with E-state index >= 15 is 0 Å². The van der Waals surface area contributed by atoms with Gasteiger partial charge in [0.05, 0.1) is 6.10 Å². The van der Waals surface area contributed by atoms with E-state index in [4.69, 9.17) is 4.74 Å². The third-order valence-corrected chi connectivity index (χ3v) is 4.29. The summed E-state index contributed by atoms with van der Waals surface area (Å²) < 4.78 is 20.0. The molecule has 1 aliphatic rings. The van der Waals surface area contributed by atoms with Gasteiger partial charge in [0.15, 0.2) is 0 Å². The van der Waals surface area contributed by atoms with Gasteiger partial charge < -0.3 is 10.1 Å². The standard InChI is InChI=1S/C17H26FNO/c1-12-10-17(15(11-16(12)18)13(2)19-3)20-14-8-6-4-5-7-9-14/h10-11,13-14,19H,4-9H2,1-3H3. The highest BCUT2D eigenvalue weighted by Gasteiger charge is 2.19. The predicted octanol–water partition coefficient (Wildman–Crippen LogP) is 4.52. The predicted molar refractivity (Wildman–Crippen MR) is 80.7 cm³/mol. The second-order valence-electron chi connectivity index (χ2n) is 5.88. The van der Waals surface area contributed by atoms with Crippen molar-refractivity contribution in [2.45, 2.75) is 64.5 Å². The summed E-state index contributed by atoms with van der Waals surface area (Å²) in [5.74, 6) is 0.688. The van der Waals surface area contributed by atoms with Gasteiger partial charge >= 0.3 is 0 Å². The Morgan fingerprint density at radius 2 is 1.85 bits per heavy atom. The molecule has 0 radical (unpaired) electrons. The van der Waals surface area contributed by atoms with Gasteiger partial charge in [0.2, 0.25) is 0 Å². The quantitative estimate of drug-likeness (QED) is 0.818. The summed E-state index contributed by atoms with van der Waals surface area (Å²) in [4.78, 5) is 0. The van der Waals surface area contributed by atoms with Crippen molar-refractivity contribution < 1.29 is 9.13 Å². The first-order chi connectivity index (χ1) is 9.61. The van der Waals surface area contributed by atoms with Gasteiger partial charge in [-0.25, -0.2) is 4.39 Å². The van der Waals surface area contributed by atoms with Crippen LogP contribution >= 0.6 is 0 Å². The molecule has 1 aromatic carbocycles. The molecular weight excluding hydrogens is 253 g/mol. The van der Waals surface area contributed by atoms with E-state index in [1.165, 1.54) is 25.7 Å². The van der Waals surface area contributed by atoms with E-state index in [9.17, 15) is 4.39 Å². The molecule has 112 valence electrons. The van der Waals surface area contributed by atoms with Gasteiger partial charge in [0, 0.05) is 11.6 Å². The number of ether oxygens (including phenoxy) is 1. The topological polar surface area (TPSA) is 21.3 Å². The fourth-order valence-corrected chi connectivity index (χ4v) is 2.81. The summed E-state index contributed by atoms with van der Waals surface area (Å²) in [6, 6.07) is 3.55. The Hall–Kier alpha value is -1.09. The smallest absolute Gasteiger partial charge is 0.126 e. The van der Waals surface area contributed by atoms with Gasteiger partial charge in [-0.15, -0.1) is 0 Å². The highest BCUT2D eigenvalue weighted by atomic mass is 19.1. The summed E-state index contributed by atoms with van der Waals surface area (Å²) in [6.45, 7) is 3.83. The normalized spacial score (nSPS) is 18.6. The summed E-state index contributed by atoms with van der Waals surface area (Å²) in [5, 5.41) is 3.17. The van der Waals surface area contributed by atoms with Crippen LogP contribution in [0, 0.1) is 12.7 Å². The second kappa shape index (κ2) is 7.07. The van der Waals surface area contributed by atoms with Crippen molar-refractivity contribution in [3.8, 4) is 5.75 Å². The van der Waals surface area contributed by atoms with Crippen LogP contribution in [0.25, 0.3) is 0 Å². The van der Waals surface area contributed by atoms with Gasteiger partial charge in [-0.1, -0.05) is 12.8 Å². The van der Waals surface area contributed by atoms with Crippen molar-refractivity contribution in [1.82, 2.24) is 5.32 Å². The average molecular weight is 279 g/mol. The van der Waals surface area contributed by atoms with Gasteiger partial charge in [0.25, 0.3) is 0 Å². The van der Waals surface area contributed by atoms with Crippen LogP contribution in [0.4, 0.5) is 4.39 Å². The van der Waals surface area contributed by atoms with E-state index in [-0.39, 0.29) is 18.0 Å². The van der Waals surface area contributed by atoms with Crippen molar-refractivity contribution in [2.75, 3.05) is 7.05 Å². The van der Waals surface area contributed by atoms with Gasteiger partial charge in [-0.3, -0.25) is 0 Å². The van der Waals surface area contributed by atoms with E-state index in [1.807, 2.05) is 20.0 Å². The SMILES string of the molecule is CNC(C)c1cc(F)c(C)cc1OC1CCCCCC1. The molecule has 0 aliphatic heterocycles. The number of nitrogens with one attached hydrogen (secondary N) is 1. The van der Waals surface area contributed by atoms with Crippen LogP contribution in [0.2, 0.25) is 0 Å². The first-order valence-electron chi connectivity index (χ1n) is 7.75. The van der Waals surface area contributed by atoms with Gasteiger partial charge in [-0.05, 0) is 64.3 Å². The van der Waals surface area contributed by atoms with Crippen molar-refractivity contribution in [3.05, 3.63) is 29.1 Å². The molecule has 1 saturated carbocycles. The maximum atomic E-state index is 13.8. The summed E-state index contributed by atoms with van der Waals surface area (Å²) in [5.41, 5.74) is 1.57. The fraction of sp³-hybridized carbons (Fsp3) is 0.647. The number of aryl methyl sites for hydroxylation is 1. The van der Waals surface area contributed by atoms with E-state index in [1.54, 1.807) is 13.0 Å². The van der Waals surface area contributed by atoms with Crippen molar-refractivity contribution >= 4 is 0 Å². The molecule has 20 heavy (non-hydrogen) atoms. The Kier molecular flexibility index (Phi) is 5.41. The Balaban J connectivity index is 2.22. The number of benzene rings is 1. The van der Waals surface area contributed by atoms with Crippen LogP contribution in [0.5, 0.6) is 5.75 Å². The lowest BCUT2D eigenvalue weighted by atomic mass is 10.0. The minimum Gasteiger partial charge on any atom is -0.490 e. The van der Waals surface area contributed by atoms with Crippen LogP contribution < -0.4 is 10.1 Å². The van der Waals surface area contributed by atoms with Gasteiger partial charge in [0.1, 0.15) is 11.6 Å². The first kappa shape index (κ1) is 15.3. The Labute approximate surface area is 121 Å². The Bertz CT molecular complexity index is 439. The lowest BCUT2D eigenvalue weighted by molar-refractivity contribution is 0.180. The average Bonchev–Trinajstić information content (AvgIpc) is 2.70. The molecule has 1 N–H and O–H groups in total. The zero-order valence-corrected chi connectivity index (χ0v) is 12.8. The van der Waals surface area contributed by atoms with E-state index in [0.717, 1.165) is 24.2 Å². The number of hydrogen-bond acceptors (Lipinski definition) is 2. The first-order valence-corrected chi connectivity index (χ1v) is 7.75. The van der Waals surface area contributed by atoms with Crippen molar-refractivity contribution in [2.24, 2.45) is 0 Å². The summed E-state index contributed by atoms with van der Waals surface area (Å²) in [7, 11) is 1.89. The molecular formula is C17H26FNO. The second-order valence-corrected chi connectivity index (χ2v) is 5.88. The molecule has 1 aromatic rings. The molecule has 0 saturated heterocycles. The molecule has 2 nitrogen and oxygen atoms in total. The van der Waals surface area contributed by atoms with E-state index < -0.39 is 0 Å². The minimum absolute atomic E-state index is 0.0888. The lowest BCUT2D eigenvalue weighted by Crippen LogP contribution is -2.19. The molecule has 0 bridgehead atoms. The maximum Gasteiger partial charge on any atom is 0.126 e. The molecule has 0 amide bonds. The zero-order valence-electron chi connectivity index (χ0n) is 12.8. The van der Waals surface area contributed by atoms with E-state index in [0.29, 0.717) is 5.56 Å². The van der Waals surface area contributed by atoms with Crippen LogP contribution in [0.15, 0.2) is 12.1 Å². The number of halogens is 1. The fourth-order valence-electron chi connectivity index (χ4n) is 2.81. The maximum absolute atomic E-state index is 13.8. The molecule has 1 aliphatic carbocycles. The molecule has 1 fully saturated rings. The molecule has 0 aromatic heterocycles. The highest BCUT2D eigenvalue weighted by molar-refractivity contribution is 5.40. The highest BCUT2D eigenvalue weighted by Crippen LogP contribution is 2.31. The minimum atomic E-state index is -0.157. The molecule has 0 heterocycles. The molecule has 0 spiro atoms. The molecule has 2 rings (SSSR count). The Morgan fingerprint density at radius 1 is 1.20 bits per heavy atom. The van der Waals surface area contributed by atoms with Crippen LogP contribution in [0.3, 0.4) is 0 Å². The summed E-state index contributed by atoms with van der Waals surface area (Å²) in [6.07, 6.45) is 7.60. The largest absolute Gasteiger partial charge is 0.490 e. The number of hydrogen-bond donors (Lipinski definition) is 1. The Morgan fingerprint density at radius 3 is 2.45 bits per heavy atom. The third kappa shape index (κ3) is 3.72. The molecule has 3 heteroatoms. The van der Waals surface area contributed by atoms with E-state index in [2.05, 4.69) is 5.32 Å². The molecule has 1 unspecified atom stereocenters. The zero-order chi connectivity index (χ0) is 14.5. The van der Waals surface area contributed by atoms with Crippen LogP contribution in [-0.2, 0) is 0 Å². The van der Waals surface area contributed by atoms with Crippen LogP contribution in [0.1, 0.15) is 62.6 Å². The van der Waals surface area contributed by atoms with Crippen molar-refractivity contribution in [1.29, 1.82) is 0 Å². The number of rotatable bonds is 4. The van der Waals surface area contributed by atoms with Gasteiger partial charge in [-0.2, -0.15) is 0 Å². The van der Waals surface area contributed by atoms with Crippen LogP contribution in [-0.4, -0.2) is 13.2 Å². The lowest BCUT2D eigenvalue weighted by Gasteiger charge is -2.22. The third-order valence-electron chi connectivity index (χ3n) is 4.29. The summed E-state index contributed by atoms with van der Waals surface area (Å²) >= 11 is 0. The molecule has 1 atom stereocenters.